The van der Waals surface area contributed by atoms with Gasteiger partial charge in [-0.25, -0.2) is 9.78 Å². The quantitative estimate of drug-likeness (QED) is 0.671. The van der Waals surface area contributed by atoms with Crippen LogP contribution in [0.5, 0.6) is 0 Å². The number of benzene rings is 2. The van der Waals surface area contributed by atoms with Crippen LogP contribution in [-0.2, 0) is 0 Å². The highest BCUT2D eigenvalue weighted by Crippen LogP contribution is 2.30. The highest BCUT2D eigenvalue weighted by atomic mass is 35.5. The third-order valence-electron chi connectivity index (χ3n) is 2.69. The van der Waals surface area contributed by atoms with E-state index in [0.29, 0.717) is 26.4 Å². The maximum absolute atomic E-state index is 11.9. The van der Waals surface area contributed by atoms with Crippen LogP contribution in [0.4, 0.5) is 15.6 Å². The molecule has 2 amide bonds. The van der Waals surface area contributed by atoms with Crippen LogP contribution in [0.25, 0.3) is 10.2 Å². The van der Waals surface area contributed by atoms with Crippen molar-refractivity contribution in [2.24, 2.45) is 0 Å². The molecule has 0 atom stereocenters. The number of nitrogens with one attached hydrogen (secondary N) is 2. The SMILES string of the molecule is O=C(Nc1ccc(Cl)cc1)Nc1nc2c(Cl)cccc2s1. The van der Waals surface area contributed by atoms with E-state index in [-0.39, 0.29) is 6.03 Å². The molecule has 0 bridgehead atoms. The highest BCUT2D eigenvalue weighted by Gasteiger charge is 2.09. The first kappa shape index (κ1) is 14.1. The molecule has 1 aromatic heterocycles. The Labute approximate surface area is 134 Å². The maximum atomic E-state index is 11.9. The van der Waals surface area contributed by atoms with Crippen LogP contribution < -0.4 is 10.6 Å². The van der Waals surface area contributed by atoms with E-state index in [9.17, 15) is 4.79 Å². The molecule has 21 heavy (non-hydrogen) atoms. The number of urea groups is 1. The molecule has 2 N–H and O–H groups in total. The lowest BCUT2D eigenvalue weighted by Gasteiger charge is -2.04. The van der Waals surface area contributed by atoms with Crippen LogP contribution in [0.2, 0.25) is 10.0 Å². The molecule has 2 aromatic carbocycles. The van der Waals surface area contributed by atoms with Crippen molar-refractivity contribution < 1.29 is 4.79 Å². The number of halogens is 2. The Morgan fingerprint density at radius 2 is 1.81 bits per heavy atom. The lowest BCUT2D eigenvalue weighted by atomic mass is 10.3. The highest BCUT2D eigenvalue weighted by molar-refractivity contribution is 7.22. The predicted molar refractivity (Wildman–Crippen MR) is 88.7 cm³/mol. The van der Waals surface area contributed by atoms with Crippen LogP contribution in [0.3, 0.4) is 0 Å². The van der Waals surface area contributed by atoms with Gasteiger partial charge >= 0.3 is 6.03 Å². The van der Waals surface area contributed by atoms with Crippen LogP contribution in [0.1, 0.15) is 0 Å². The van der Waals surface area contributed by atoms with Gasteiger partial charge in [-0.2, -0.15) is 0 Å². The van der Waals surface area contributed by atoms with Crippen LogP contribution in [-0.4, -0.2) is 11.0 Å². The number of para-hydroxylation sites is 1. The van der Waals surface area contributed by atoms with Gasteiger partial charge in [-0.1, -0.05) is 40.6 Å². The first-order valence-corrected chi connectivity index (χ1v) is 7.58. The Kier molecular flexibility index (Phi) is 3.96. The minimum absolute atomic E-state index is 0.368. The van der Waals surface area contributed by atoms with Crippen LogP contribution in [0.15, 0.2) is 42.5 Å². The van der Waals surface area contributed by atoms with Crippen LogP contribution >= 0.6 is 34.5 Å². The van der Waals surface area contributed by atoms with E-state index in [1.807, 2.05) is 12.1 Å². The molecule has 0 fully saturated rings. The van der Waals surface area contributed by atoms with Gasteiger partial charge in [-0.3, -0.25) is 5.32 Å². The average molecular weight is 338 g/mol. The Morgan fingerprint density at radius 3 is 2.52 bits per heavy atom. The Morgan fingerprint density at radius 1 is 1.05 bits per heavy atom. The number of thiazole rings is 1. The fraction of sp³-hybridized carbons (Fsp3) is 0. The van der Waals surface area contributed by atoms with Gasteiger partial charge in [-0.15, -0.1) is 0 Å². The van der Waals surface area contributed by atoms with Crippen molar-refractivity contribution in [2.75, 3.05) is 10.6 Å². The number of carbonyl (C=O) groups is 1. The van der Waals surface area contributed by atoms with Gasteiger partial charge in [0.05, 0.1) is 9.72 Å². The Balaban J connectivity index is 1.74. The molecule has 3 rings (SSSR count). The number of anilines is 2. The maximum Gasteiger partial charge on any atom is 0.325 e. The Bertz CT molecular complexity index is 802. The van der Waals surface area contributed by atoms with Crippen molar-refractivity contribution in [3.63, 3.8) is 0 Å². The zero-order chi connectivity index (χ0) is 14.8. The first-order valence-electron chi connectivity index (χ1n) is 6.00. The monoisotopic (exact) mass is 337 g/mol. The molecule has 4 nitrogen and oxygen atoms in total. The van der Waals surface area contributed by atoms with Crippen molar-refractivity contribution in [3.05, 3.63) is 52.5 Å². The minimum atomic E-state index is -0.368. The van der Waals surface area contributed by atoms with Gasteiger partial charge in [0.1, 0.15) is 5.52 Å². The van der Waals surface area contributed by atoms with Gasteiger partial charge in [0.25, 0.3) is 0 Å². The number of aromatic nitrogens is 1. The molecule has 0 aliphatic carbocycles. The summed E-state index contributed by atoms with van der Waals surface area (Å²) in [6.45, 7) is 0. The van der Waals surface area contributed by atoms with E-state index in [1.54, 1.807) is 30.3 Å². The lowest BCUT2D eigenvalue weighted by Crippen LogP contribution is -2.19. The van der Waals surface area contributed by atoms with Crippen LogP contribution in [0, 0.1) is 0 Å². The molecule has 106 valence electrons. The number of rotatable bonds is 2. The first-order chi connectivity index (χ1) is 10.1. The standard InChI is InChI=1S/C14H9Cl2N3OS/c15-8-4-6-9(7-5-8)17-13(20)19-14-18-12-10(16)2-1-3-11(12)21-14/h1-7H,(H2,17,18,19,20). The molecule has 0 saturated carbocycles. The van der Waals surface area contributed by atoms with Gasteiger partial charge in [0.15, 0.2) is 5.13 Å². The molecule has 0 unspecified atom stereocenters. The fourth-order valence-electron chi connectivity index (χ4n) is 1.76. The zero-order valence-electron chi connectivity index (χ0n) is 10.6. The summed E-state index contributed by atoms with van der Waals surface area (Å²) in [5, 5.41) is 7.06. The summed E-state index contributed by atoms with van der Waals surface area (Å²) in [5.74, 6) is 0. The van der Waals surface area contributed by atoms with E-state index in [2.05, 4.69) is 15.6 Å². The molecular formula is C14H9Cl2N3OS. The molecule has 0 aliphatic heterocycles. The van der Waals surface area contributed by atoms with Crippen molar-refractivity contribution in [2.45, 2.75) is 0 Å². The Hall–Kier alpha value is -1.82. The molecule has 1 heterocycles. The summed E-state index contributed by atoms with van der Waals surface area (Å²) in [7, 11) is 0. The number of carbonyl (C=O) groups excluding carboxylic acids is 1. The van der Waals surface area contributed by atoms with E-state index in [0.717, 1.165) is 4.70 Å². The predicted octanol–water partition coefficient (Wildman–Crippen LogP) is 5.25. The smallest absolute Gasteiger partial charge is 0.308 e. The van der Waals surface area contributed by atoms with Crippen molar-refractivity contribution in [3.8, 4) is 0 Å². The van der Waals surface area contributed by atoms with Crippen molar-refractivity contribution in [1.29, 1.82) is 0 Å². The fourth-order valence-corrected chi connectivity index (χ4v) is 3.05. The lowest BCUT2D eigenvalue weighted by molar-refractivity contribution is 0.262. The van der Waals surface area contributed by atoms with Crippen molar-refractivity contribution in [1.82, 2.24) is 4.98 Å². The van der Waals surface area contributed by atoms with Gasteiger partial charge in [0.2, 0.25) is 0 Å². The normalized spacial score (nSPS) is 10.6. The number of hydrogen-bond donors (Lipinski definition) is 2. The molecule has 0 aliphatic rings. The summed E-state index contributed by atoms with van der Waals surface area (Å²) in [4.78, 5) is 16.2. The third kappa shape index (κ3) is 3.26. The van der Waals surface area contributed by atoms with Crippen molar-refractivity contribution >= 4 is 61.6 Å². The third-order valence-corrected chi connectivity index (χ3v) is 4.19. The molecule has 7 heteroatoms. The second-order valence-corrected chi connectivity index (χ2v) is 6.07. The summed E-state index contributed by atoms with van der Waals surface area (Å²) >= 11 is 13.2. The molecule has 0 saturated heterocycles. The topological polar surface area (TPSA) is 54.0 Å². The second kappa shape index (κ2) is 5.89. The number of nitrogens with zero attached hydrogens (tertiary/aromatic N) is 1. The summed E-state index contributed by atoms with van der Waals surface area (Å²) < 4.78 is 0.921. The zero-order valence-corrected chi connectivity index (χ0v) is 12.9. The molecular weight excluding hydrogens is 329 g/mol. The number of amides is 2. The molecule has 0 spiro atoms. The summed E-state index contributed by atoms with van der Waals surface area (Å²) in [5.41, 5.74) is 1.34. The van der Waals surface area contributed by atoms with E-state index in [4.69, 9.17) is 23.2 Å². The average Bonchev–Trinajstić information content (AvgIpc) is 2.85. The van der Waals surface area contributed by atoms with Gasteiger partial charge in [0, 0.05) is 10.7 Å². The van der Waals surface area contributed by atoms with Gasteiger partial charge in [-0.05, 0) is 36.4 Å². The van der Waals surface area contributed by atoms with E-state index in [1.165, 1.54) is 11.3 Å². The number of fused-ring (bicyclic) bond motifs is 1. The second-order valence-electron chi connectivity index (χ2n) is 4.19. The number of hydrogen-bond acceptors (Lipinski definition) is 3. The summed E-state index contributed by atoms with van der Waals surface area (Å²) in [6, 6.07) is 12.0. The minimum Gasteiger partial charge on any atom is -0.308 e. The molecule has 3 aromatic rings. The van der Waals surface area contributed by atoms with Gasteiger partial charge < -0.3 is 5.32 Å². The summed E-state index contributed by atoms with van der Waals surface area (Å²) in [6.07, 6.45) is 0. The molecule has 0 radical (unpaired) electrons. The largest absolute Gasteiger partial charge is 0.325 e. The van der Waals surface area contributed by atoms with E-state index >= 15 is 0 Å². The van der Waals surface area contributed by atoms with E-state index < -0.39 is 0 Å².